The number of carbonyl (C=O) groups excluding carboxylic acids is 1. The van der Waals surface area contributed by atoms with Gasteiger partial charge in [-0.05, 0) is 50.5 Å². The van der Waals surface area contributed by atoms with Crippen LogP contribution in [0.25, 0.3) is 10.9 Å². The Labute approximate surface area is 225 Å². The molecule has 12 nitrogen and oxygen atoms in total. The van der Waals surface area contributed by atoms with Crippen molar-refractivity contribution < 1.29 is 23.1 Å². The minimum absolute atomic E-state index is 0.0298. The molecule has 0 bridgehead atoms. The van der Waals surface area contributed by atoms with Crippen LogP contribution in [0.4, 0.5) is 5.95 Å². The number of aromatic nitrogens is 4. The Morgan fingerprint density at radius 1 is 1.15 bits per heavy atom. The fourth-order valence-electron chi connectivity index (χ4n) is 4.58. The van der Waals surface area contributed by atoms with Crippen LogP contribution in [0.15, 0.2) is 53.8 Å². The van der Waals surface area contributed by atoms with Gasteiger partial charge in [0.25, 0.3) is 5.91 Å². The van der Waals surface area contributed by atoms with Crippen molar-refractivity contribution in [3.63, 3.8) is 0 Å². The summed E-state index contributed by atoms with van der Waals surface area (Å²) in [6.45, 7) is 5.99. The Hall–Kier alpha value is -4.23. The molecule has 0 fully saturated rings. The maximum atomic E-state index is 13.1. The molecule has 0 aliphatic heterocycles. The molecule has 0 aliphatic carbocycles. The van der Waals surface area contributed by atoms with Gasteiger partial charge >= 0.3 is 5.97 Å². The number of hydrogen-bond acceptors (Lipinski definition) is 7. The third-order valence-electron chi connectivity index (χ3n) is 6.21. The number of anilines is 1. The summed E-state index contributed by atoms with van der Waals surface area (Å²) in [6.07, 6.45) is 5.74. The number of aromatic amines is 1. The molecule has 5 N–H and O–H groups in total. The second kappa shape index (κ2) is 11.7. The first-order valence-electron chi connectivity index (χ1n) is 12.4. The zero-order valence-corrected chi connectivity index (χ0v) is 22.7. The molecule has 0 aliphatic rings. The van der Waals surface area contributed by atoms with Crippen LogP contribution in [0.2, 0.25) is 0 Å². The quantitative estimate of drug-likeness (QED) is 0.166. The third kappa shape index (κ3) is 6.44. The van der Waals surface area contributed by atoms with Gasteiger partial charge in [-0.15, -0.1) is 0 Å². The molecule has 2 aromatic heterocycles. The maximum absolute atomic E-state index is 13.1. The zero-order valence-electron chi connectivity index (χ0n) is 21.9. The molecule has 0 unspecified atom stereocenters. The average Bonchev–Trinajstić information content (AvgIpc) is 3.53. The Morgan fingerprint density at radius 3 is 2.56 bits per heavy atom. The van der Waals surface area contributed by atoms with Crippen LogP contribution in [0.3, 0.4) is 0 Å². The summed E-state index contributed by atoms with van der Waals surface area (Å²) in [6, 6.07) is 7.05. The Morgan fingerprint density at radius 2 is 1.90 bits per heavy atom. The van der Waals surface area contributed by atoms with E-state index in [1.165, 1.54) is 0 Å². The summed E-state index contributed by atoms with van der Waals surface area (Å²) in [7, 11) is -4.16. The zero-order chi connectivity index (χ0) is 28.2. The number of fused-ring (bicyclic) bond motifs is 1. The van der Waals surface area contributed by atoms with Crippen molar-refractivity contribution in [2.75, 3.05) is 18.4 Å². The lowest BCUT2D eigenvalue weighted by molar-refractivity contribution is -0.138. The van der Waals surface area contributed by atoms with Gasteiger partial charge in [-0.1, -0.05) is 23.8 Å². The lowest BCUT2D eigenvalue weighted by Gasteiger charge is -2.18. The first-order valence-corrected chi connectivity index (χ1v) is 13.8. The highest BCUT2D eigenvalue weighted by atomic mass is 32.2. The number of nitrogens with zero attached hydrogens (tertiary/aromatic N) is 3. The number of aliphatic carboxylic acids is 1. The average molecular weight is 554 g/mol. The Balaban J connectivity index is 1.43. The number of imidazole rings is 1. The summed E-state index contributed by atoms with van der Waals surface area (Å²) in [5.41, 5.74) is 2.97. The predicted octanol–water partition coefficient (Wildman–Crippen LogP) is 2.35. The Bertz CT molecular complexity index is 1570. The van der Waals surface area contributed by atoms with E-state index in [0.717, 1.165) is 17.5 Å². The van der Waals surface area contributed by atoms with Gasteiger partial charge in [0.1, 0.15) is 6.04 Å². The van der Waals surface area contributed by atoms with Crippen molar-refractivity contribution in [1.82, 2.24) is 29.8 Å². The van der Waals surface area contributed by atoms with E-state index in [1.807, 2.05) is 13.0 Å². The molecule has 206 valence electrons. The number of carbonyl (C=O) groups is 2. The molecule has 2 aromatic carbocycles. The lowest BCUT2D eigenvalue weighted by atomic mass is 10.1. The molecule has 1 atom stereocenters. The van der Waals surface area contributed by atoms with Crippen molar-refractivity contribution in [1.29, 1.82) is 0 Å². The van der Waals surface area contributed by atoms with Crippen LogP contribution in [0, 0.1) is 20.8 Å². The standard InChI is InChI=1S/C26H31N7O5S/c1-16-12-17(2)23(18(3)13-16)39(37,38)32-21(25(35)36)15-30-24(34)19-6-4-7-22-20(19)14-31-33(22)11-5-8-27-26-28-9-10-29-26/h4,6-7,9-10,12-14,21,32H,5,8,11,15H2,1-3H3,(H,30,34)(H,35,36)(H2,27,28,29)/t21-/m0/s1. The highest BCUT2D eigenvalue weighted by molar-refractivity contribution is 7.89. The summed E-state index contributed by atoms with van der Waals surface area (Å²) in [5, 5.41) is 20.4. The fraction of sp³-hybridized carbons (Fsp3) is 0.308. The van der Waals surface area contributed by atoms with Crippen molar-refractivity contribution in [2.45, 2.75) is 44.7 Å². The van der Waals surface area contributed by atoms with Gasteiger partial charge in [0.15, 0.2) is 5.95 Å². The van der Waals surface area contributed by atoms with Crippen molar-refractivity contribution >= 4 is 38.8 Å². The maximum Gasteiger partial charge on any atom is 0.323 e. The minimum Gasteiger partial charge on any atom is -0.480 e. The normalized spacial score (nSPS) is 12.4. The number of nitrogens with one attached hydrogen (secondary N) is 4. The lowest BCUT2D eigenvalue weighted by Crippen LogP contribution is -2.48. The minimum atomic E-state index is -4.16. The number of amides is 1. The number of sulfonamides is 1. The van der Waals surface area contributed by atoms with Crippen molar-refractivity contribution in [2.24, 2.45) is 0 Å². The van der Waals surface area contributed by atoms with Crippen LogP contribution >= 0.6 is 0 Å². The molecular formula is C26H31N7O5S. The van der Waals surface area contributed by atoms with Gasteiger partial charge in [-0.25, -0.2) is 13.4 Å². The summed E-state index contributed by atoms with van der Waals surface area (Å²) >= 11 is 0. The van der Waals surface area contributed by atoms with E-state index >= 15 is 0 Å². The topological polar surface area (TPSA) is 171 Å². The van der Waals surface area contributed by atoms with E-state index < -0.39 is 34.5 Å². The molecule has 13 heteroatoms. The monoisotopic (exact) mass is 553 g/mol. The first-order chi connectivity index (χ1) is 18.6. The van der Waals surface area contributed by atoms with E-state index in [-0.39, 0.29) is 4.90 Å². The molecule has 0 radical (unpaired) electrons. The van der Waals surface area contributed by atoms with Crippen LogP contribution < -0.4 is 15.4 Å². The van der Waals surface area contributed by atoms with E-state index in [2.05, 4.69) is 30.4 Å². The molecule has 0 saturated carbocycles. The van der Waals surface area contributed by atoms with Gasteiger partial charge in [0.05, 0.1) is 22.2 Å². The molecular weight excluding hydrogens is 522 g/mol. The molecule has 0 saturated heterocycles. The second-order valence-corrected chi connectivity index (χ2v) is 10.9. The van der Waals surface area contributed by atoms with Gasteiger partial charge < -0.3 is 20.7 Å². The molecule has 0 spiro atoms. The summed E-state index contributed by atoms with van der Waals surface area (Å²) in [5.74, 6) is -1.26. The predicted molar refractivity (Wildman–Crippen MR) is 146 cm³/mol. The summed E-state index contributed by atoms with van der Waals surface area (Å²) in [4.78, 5) is 32.0. The van der Waals surface area contributed by atoms with Crippen LogP contribution in [0.1, 0.15) is 33.5 Å². The van der Waals surface area contributed by atoms with Crippen LogP contribution in [0.5, 0.6) is 0 Å². The largest absolute Gasteiger partial charge is 0.480 e. The van der Waals surface area contributed by atoms with Crippen molar-refractivity contribution in [3.8, 4) is 0 Å². The number of benzene rings is 2. The fourth-order valence-corrected chi connectivity index (χ4v) is 6.23. The molecule has 39 heavy (non-hydrogen) atoms. The highest BCUT2D eigenvalue weighted by Crippen LogP contribution is 2.22. The number of hydrogen-bond donors (Lipinski definition) is 5. The Kier molecular flexibility index (Phi) is 8.31. The second-order valence-electron chi connectivity index (χ2n) is 9.27. The van der Waals surface area contributed by atoms with Crippen LogP contribution in [-0.2, 0) is 21.4 Å². The smallest absolute Gasteiger partial charge is 0.323 e. The highest BCUT2D eigenvalue weighted by Gasteiger charge is 2.28. The van der Waals surface area contributed by atoms with Gasteiger partial charge in [-0.3, -0.25) is 14.3 Å². The number of carboxylic acid groups (broad SMARTS) is 1. The molecule has 1 amide bonds. The van der Waals surface area contributed by atoms with Crippen LogP contribution in [-0.4, -0.2) is 64.3 Å². The van der Waals surface area contributed by atoms with Crippen molar-refractivity contribution in [3.05, 3.63) is 71.2 Å². The van der Waals surface area contributed by atoms with E-state index in [1.54, 1.807) is 61.4 Å². The SMILES string of the molecule is Cc1cc(C)c(S(=O)(=O)N[C@@H](CNC(=O)c2cccc3c2cnn3CCCNc2ncc[nH]2)C(=O)O)c(C)c1. The van der Waals surface area contributed by atoms with E-state index in [9.17, 15) is 23.1 Å². The molecule has 4 rings (SSSR count). The first kappa shape index (κ1) is 27.8. The van der Waals surface area contributed by atoms with Gasteiger partial charge in [0, 0.05) is 37.4 Å². The van der Waals surface area contributed by atoms with E-state index in [0.29, 0.717) is 41.1 Å². The molecule has 2 heterocycles. The third-order valence-corrected chi connectivity index (χ3v) is 7.98. The molecule has 4 aromatic rings. The van der Waals surface area contributed by atoms with E-state index in [4.69, 9.17) is 0 Å². The van der Waals surface area contributed by atoms with Gasteiger partial charge in [-0.2, -0.15) is 9.82 Å². The number of H-pyrrole nitrogens is 1. The number of rotatable bonds is 12. The summed E-state index contributed by atoms with van der Waals surface area (Å²) < 4.78 is 30.1. The number of carboxylic acids is 1. The van der Waals surface area contributed by atoms with Gasteiger partial charge in [0.2, 0.25) is 10.0 Å². The number of aryl methyl sites for hydroxylation is 4.